The number of carboxylic acid groups (broad SMARTS) is 1. The lowest BCUT2D eigenvalue weighted by Gasteiger charge is -2.34. The second-order valence-corrected chi connectivity index (χ2v) is 8.03. The van der Waals surface area contributed by atoms with Crippen LogP contribution in [0.5, 0.6) is 0 Å². The van der Waals surface area contributed by atoms with Crippen molar-refractivity contribution in [1.29, 1.82) is 0 Å². The van der Waals surface area contributed by atoms with Gasteiger partial charge in [-0.05, 0) is 75.0 Å². The van der Waals surface area contributed by atoms with E-state index in [1.54, 1.807) is 0 Å². The highest BCUT2D eigenvalue weighted by atomic mass is 16.5. The van der Waals surface area contributed by atoms with E-state index in [0.29, 0.717) is 29.2 Å². The van der Waals surface area contributed by atoms with Gasteiger partial charge in [0.05, 0.1) is 7.11 Å². The van der Waals surface area contributed by atoms with E-state index in [1.807, 2.05) is 6.08 Å². The molecule has 6 aliphatic rings. The van der Waals surface area contributed by atoms with E-state index in [0.717, 1.165) is 31.3 Å². The highest BCUT2D eigenvalue weighted by molar-refractivity contribution is 5.96. The molecule has 4 bridgehead atoms. The monoisotopic (exact) mass is 375 g/mol. The Bertz CT molecular complexity index is 649. The van der Waals surface area contributed by atoms with Crippen molar-refractivity contribution in [3.8, 4) is 0 Å². The Labute approximate surface area is 160 Å². The number of amides is 1. The van der Waals surface area contributed by atoms with Gasteiger partial charge in [-0.2, -0.15) is 0 Å². The average molecular weight is 375 g/mol. The van der Waals surface area contributed by atoms with E-state index < -0.39 is 11.9 Å². The van der Waals surface area contributed by atoms with E-state index in [-0.39, 0.29) is 12.5 Å². The highest BCUT2D eigenvalue weighted by Crippen LogP contribution is 2.41. The molecule has 0 aromatic rings. The van der Waals surface area contributed by atoms with Gasteiger partial charge < -0.3 is 15.2 Å². The number of rotatable bonds is 4. The zero-order valence-corrected chi connectivity index (χ0v) is 15.9. The summed E-state index contributed by atoms with van der Waals surface area (Å²) in [6.07, 6.45) is 13.3. The number of methoxy groups -OCH3 is 1. The van der Waals surface area contributed by atoms with Crippen LogP contribution in [0.3, 0.4) is 0 Å². The molecule has 2 N–H and O–H groups in total. The third-order valence-corrected chi connectivity index (χ3v) is 6.38. The third kappa shape index (κ3) is 4.79. The number of esters is 1. The predicted octanol–water partition coefficient (Wildman–Crippen LogP) is 2.84. The Morgan fingerprint density at radius 2 is 1.41 bits per heavy atom. The van der Waals surface area contributed by atoms with Gasteiger partial charge in [0.1, 0.15) is 6.54 Å². The molecule has 0 atom stereocenters. The summed E-state index contributed by atoms with van der Waals surface area (Å²) in [6, 6.07) is 0. The fraction of sp³-hybridized carbons (Fsp3) is 0.667. The molecule has 148 valence electrons. The van der Waals surface area contributed by atoms with Crippen LogP contribution in [0.4, 0.5) is 0 Å². The van der Waals surface area contributed by atoms with E-state index >= 15 is 0 Å². The van der Waals surface area contributed by atoms with E-state index in [9.17, 15) is 14.4 Å². The first kappa shape index (κ1) is 19.6. The lowest BCUT2D eigenvalue weighted by atomic mass is 9.71. The molecule has 0 spiro atoms. The molecule has 27 heavy (non-hydrogen) atoms. The van der Waals surface area contributed by atoms with E-state index in [1.165, 1.54) is 32.8 Å². The molecule has 0 unspecified atom stereocenters. The van der Waals surface area contributed by atoms with Crippen molar-refractivity contribution >= 4 is 17.8 Å². The van der Waals surface area contributed by atoms with Crippen LogP contribution in [-0.2, 0) is 19.1 Å². The second kappa shape index (κ2) is 8.72. The molecule has 1 amide bonds. The van der Waals surface area contributed by atoms with Crippen molar-refractivity contribution in [2.75, 3.05) is 13.7 Å². The number of fused-ring (bicyclic) bond motifs is 4. The smallest absolute Gasteiger partial charge is 0.331 e. The molecular weight excluding hydrogens is 346 g/mol. The summed E-state index contributed by atoms with van der Waals surface area (Å²) in [4.78, 5) is 33.4. The quantitative estimate of drug-likeness (QED) is 0.737. The van der Waals surface area contributed by atoms with E-state index in [2.05, 4.69) is 16.1 Å². The van der Waals surface area contributed by atoms with Gasteiger partial charge in [0, 0.05) is 11.1 Å². The van der Waals surface area contributed by atoms with Gasteiger partial charge in [-0.3, -0.25) is 9.59 Å². The molecule has 0 aromatic carbocycles. The molecule has 0 radical (unpaired) electrons. The van der Waals surface area contributed by atoms with Crippen LogP contribution in [0.15, 0.2) is 23.3 Å². The van der Waals surface area contributed by atoms with Gasteiger partial charge in [0.15, 0.2) is 0 Å². The van der Waals surface area contributed by atoms with Crippen molar-refractivity contribution in [2.24, 2.45) is 23.7 Å². The standard InChI is InChI=1S/C12H17NO3.C9H12O2/c1-16-11(14)7-13-12(15)10-6-8-2-4-9(10)5-3-8;10-9(11)8-5-6-1-3-7(8)4-2-6/h6,8-9H,2-5,7H2,1H3,(H,13,15);5-7H,1-4H2,(H,10,11). The summed E-state index contributed by atoms with van der Waals surface area (Å²) in [5, 5.41) is 11.4. The Hall–Kier alpha value is -2.11. The Morgan fingerprint density at radius 3 is 1.74 bits per heavy atom. The zero-order chi connectivity index (χ0) is 19.4. The second-order valence-electron chi connectivity index (χ2n) is 8.03. The number of aliphatic carboxylic acids is 1. The molecule has 2 saturated carbocycles. The number of allylic oxidation sites excluding steroid dienone is 2. The van der Waals surface area contributed by atoms with Crippen molar-refractivity contribution < 1.29 is 24.2 Å². The number of carboxylic acids is 1. The maximum absolute atomic E-state index is 11.8. The van der Waals surface area contributed by atoms with Crippen molar-refractivity contribution in [3.05, 3.63) is 23.3 Å². The fourth-order valence-electron chi connectivity index (χ4n) is 4.81. The molecule has 0 aromatic heterocycles. The minimum atomic E-state index is -0.695. The predicted molar refractivity (Wildman–Crippen MR) is 99.7 cm³/mol. The summed E-state index contributed by atoms with van der Waals surface area (Å²) < 4.78 is 4.48. The van der Waals surface area contributed by atoms with Crippen LogP contribution in [-0.4, -0.2) is 36.6 Å². The number of ether oxygens (including phenoxy) is 1. The van der Waals surface area contributed by atoms with Crippen LogP contribution < -0.4 is 5.32 Å². The van der Waals surface area contributed by atoms with Crippen molar-refractivity contribution in [3.63, 3.8) is 0 Å². The Morgan fingerprint density at radius 1 is 0.926 bits per heavy atom. The first-order chi connectivity index (χ1) is 13.0. The van der Waals surface area contributed by atoms with Gasteiger partial charge in [0.2, 0.25) is 5.91 Å². The van der Waals surface area contributed by atoms with Crippen LogP contribution in [0.1, 0.15) is 51.4 Å². The molecule has 6 nitrogen and oxygen atoms in total. The highest BCUT2D eigenvalue weighted by Gasteiger charge is 2.33. The zero-order valence-electron chi connectivity index (χ0n) is 15.9. The van der Waals surface area contributed by atoms with Crippen molar-refractivity contribution in [2.45, 2.75) is 51.4 Å². The number of nitrogens with one attached hydrogen (secondary N) is 1. The SMILES string of the molecule is COC(=O)CNC(=O)C1=CC2CCC1CC2.O=C(O)C1=CC2CCC1CC2. The Balaban J connectivity index is 0.000000166. The summed E-state index contributed by atoms with van der Waals surface area (Å²) in [5.74, 6) is 0.726. The molecule has 0 aliphatic heterocycles. The number of hydrogen-bond donors (Lipinski definition) is 2. The maximum atomic E-state index is 11.8. The molecule has 6 heteroatoms. The average Bonchev–Trinajstić information content (AvgIpc) is 2.73. The van der Waals surface area contributed by atoms with Crippen molar-refractivity contribution in [1.82, 2.24) is 5.32 Å². The molecular formula is C21H29NO5. The minimum Gasteiger partial charge on any atom is -0.478 e. The molecule has 0 saturated heterocycles. The van der Waals surface area contributed by atoms with Gasteiger partial charge in [-0.25, -0.2) is 4.79 Å². The van der Waals surface area contributed by atoms with Crippen LogP contribution in [0.25, 0.3) is 0 Å². The topological polar surface area (TPSA) is 92.7 Å². The normalized spacial score (nSPS) is 30.4. The first-order valence-electron chi connectivity index (χ1n) is 9.99. The van der Waals surface area contributed by atoms with Crippen LogP contribution in [0, 0.1) is 23.7 Å². The summed E-state index contributed by atoms with van der Waals surface area (Å²) >= 11 is 0. The summed E-state index contributed by atoms with van der Waals surface area (Å²) in [6.45, 7) is -0.0376. The third-order valence-electron chi connectivity index (χ3n) is 6.38. The molecule has 6 aliphatic carbocycles. The van der Waals surface area contributed by atoms with Gasteiger partial charge in [-0.15, -0.1) is 0 Å². The van der Waals surface area contributed by atoms with Crippen LogP contribution in [0.2, 0.25) is 0 Å². The minimum absolute atomic E-state index is 0.0376. The maximum Gasteiger partial charge on any atom is 0.331 e. The Kier molecular flexibility index (Phi) is 6.34. The lowest BCUT2D eigenvalue weighted by Crippen LogP contribution is -2.36. The number of carbonyl (C=O) groups is 3. The first-order valence-corrected chi connectivity index (χ1v) is 9.99. The molecule has 6 rings (SSSR count). The van der Waals surface area contributed by atoms with Gasteiger partial charge >= 0.3 is 11.9 Å². The summed E-state index contributed by atoms with van der Waals surface area (Å²) in [5.41, 5.74) is 1.57. The van der Waals surface area contributed by atoms with Crippen LogP contribution >= 0.6 is 0 Å². The number of carbonyl (C=O) groups excluding carboxylic acids is 2. The summed E-state index contributed by atoms with van der Waals surface area (Å²) in [7, 11) is 1.32. The molecule has 2 fully saturated rings. The van der Waals surface area contributed by atoms with Gasteiger partial charge in [-0.1, -0.05) is 12.2 Å². The lowest BCUT2D eigenvalue weighted by molar-refractivity contribution is -0.140. The van der Waals surface area contributed by atoms with Gasteiger partial charge in [0.25, 0.3) is 0 Å². The largest absolute Gasteiger partial charge is 0.478 e. The number of hydrogen-bond acceptors (Lipinski definition) is 4. The molecule has 0 heterocycles. The van der Waals surface area contributed by atoms with E-state index in [4.69, 9.17) is 5.11 Å². The fourth-order valence-corrected chi connectivity index (χ4v) is 4.81.